The van der Waals surface area contributed by atoms with E-state index in [4.69, 9.17) is 0 Å². The number of fused-ring (bicyclic) bond motifs is 2. The molecule has 0 aliphatic carbocycles. The van der Waals surface area contributed by atoms with E-state index >= 15 is 0 Å². The smallest absolute Gasteiger partial charge is 0.246 e. The number of hydrogen-bond donors (Lipinski definition) is 3. The summed E-state index contributed by atoms with van der Waals surface area (Å²) in [6.45, 7) is 7.53. The fraction of sp³-hybridized carbons (Fsp3) is 0.556. The first-order valence-corrected chi connectivity index (χ1v) is 15.0. The van der Waals surface area contributed by atoms with Gasteiger partial charge in [0.05, 0.1) is 29.8 Å². The molecular weight excluding hydrogens is 520 g/mol. The Hall–Kier alpha value is -3.09. The van der Waals surface area contributed by atoms with Gasteiger partial charge in [0.1, 0.15) is 11.9 Å². The van der Waals surface area contributed by atoms with Crippen molar-refractivity contribution >= 4 is 44.5 Å². The molecule has 4 rings (SSSR count). The molecule has 0 bridgehead atoms. The van der Waals surface area contributed by atoms with Gasteiger partial charge in [-0.2, -0.15) is 4.31 Å². The molecule has 0 spiro atoms. The third-order valence-corrected chi connectivity index (χ3v) is 8.97. The highest BCUT2D eigenvalue weighted by atomic mass is 32.2. The number of para-hydroxylation sites is 1. The number of sulfonamides is 1. The van der Waals surface area contributed by atoms with E-state index in [0.717, 1.165) is 17.2 Å². The first-order valence-electron chi connectivity index (χ1n) is 13.1. The lowest BCUT2D eigenvalue weighted by atomic mass is 9.85. The summed E-state index contributed by atoms with van der Waals surface area (Å²) in [6, 6.07) is 8.51. The number of nitrogens with one attached hydrogen (secondary N) is 3. The molecule has 3 amide bonds. The van der Waals surface area contributed by atoms with Crippen LogP contribution in [0.1, 0.15) is 34.1 Å². The zero-order chi connectivity index (χ0) is 28.7. The number of aromatic nitrogens is 1. The maximum atomic E-state index is 14.0. The van der Waals surface area contributed by atoms with Crippen molar-refractivity contribution in [1.29, 1.82) is 0 Å². The van der Waals surface area contributed by atoms with Crippen molar-refractivity contribution in [1.82, 2.24) is 24.8 Å². The van der Waals surface area contributed by atoms with Crippen LogP contribution in [0.2, 0.25) is 0 Å². The van der Waals surface area contributed by atoms with Crippen LogP contribution < -0.4 is 16.0 Å². The molecule has 212 valence electrons. The standard InChI is InChI=1S/C27H38N6O5S/c1-16(28-5)24(34)31-23(27(2,3)4)26(36)32-14-13-20-22(32)18(15-33(20)39(6,37)38)25(35)30-21-12-11-17-9-7-8-10-19(17)29-21/h7-12,16,18,20,22-23,28H,13-15H2,1-6H3,(H,31,34)(H,29,30,35). The van der Waals surface area contributed by atoms with Gasteiger partial charge in [-0.25, -0.2) is 13.4 Å². The number of benzene rings is 1. The normalized spacial score (nSPS) is 23.3. The van der Waals surface area contributed by atoms with Crippen LogP contribution in [0.25, 0.3) is 10.9 Å². The van der Waals surface area contributed by atoms with Crippen molar-refractivity contribution in [2.75, 3.05) is 31.7 Å². The first kappa shape index (κ1) is 28.9. The lowest BCUT2D eigenvalue weighted by Gasteiger charge is -2.37. The van der Waals surface area contributed by atoms with Crippen LogP contribution in [0.5, 0.6) is 0 Å². The van der Waals surface area contributed by atoms with E-state index in [9.17, 15) is 22.8 Å². The molecule has 2 aliphatic rings. The predicted octanol–water partition coefficient (Wildman–Crippen LogP) is 1.17. The molecular formula is C27H38N6O5S. The molecule has 2 aliphatic heterocycles. The number of anilines is 1. The van der Waals surface area contributed by atoms with E-state index in [-0.39, 0.29) is 24.9 Å². The van der Waals surface area contributed by atoms with Crippen LogP contribution in [0.3, 0.4) is 0 Å². The summed E-state index contributed by atoms with van der Waals surface area (Å²) in [5.41, 5.74) is 0.0924. The van der Waals surface area contributed by atoms with Gasteiger partial charge in [-0.15, -0.1) is 0 Å². The Balaban J connectivity index is 1.63. The van der Waals surface area contributed by atoms with E-state index in [2.05, 4.69) is 20.9 Å². The number of pyridine rings is 1. The second-order valence-electron chi connectivity index (χ2n) is 11.5. The SMILES string of the molecule is CNC(C)C(=O)NC(C(=O)N1CCC2C1C(C(=O)Nc1ccc3ccccc3n1)CN2S(C)(=O)=O)C(C)(C)C. The topological polar surface area (TPSA) is 141 Å². The molecule has 1 aromatic carbocycles. The van der Waals surface area contributed by atoms with Gasteiger partial charge in [-0.05, 0) is 44.0 Å². The number of amides is 3. The van der Waals surface area contributed by atoms with Gasteiger partial charge >= 0.3 is 0 Å². The first-order chi connectivity index (χ1) is 18.2. The maximum absolute atomic E-state index is 14.0. The average Bonchev–Trinajstić information content (AvgIpc) is 3.46. The Labute approximate surface area is 229 Å². The Bertz CT molecular complexity index is 1370. The third-order valence-electron chi connectivity index (χ3n) is 7.70. The molecule has 0 saturated carbocycles. The van der Waals surface area contributed by atoms with Gasteiger partial charge < -0.3 is 20.9 Å². The third kappa shape index (κ3) is 5.92. The number of hydrogen-bond acceptors (Lipinski definition) is 7. The van der Waals surface area contributed by atoms with Crippen molar-refractivity contribution < 1.29 is 22.8 Å². The summed E-state index contributed by atoms with van der Waals surface area (Å²) in [5.74, 6) is -1.51. The number of nitrogens with zero attached hydrogens (tertiary/aromatic N) is 3. The Morgan fingerprint density at radius 3 is 2.44 bits per heavy atom. The second kappa shape index (κ2) is 10.8. The summed E-state index contributed by atoms with van der Waals surface area (Å²) < 4.78 is 26.7. The van der Waals surface area contributed by atoms with Gasteiger partial charge in [0.25, 0.3) is 0 Å². The van der Waals surface area contributed by atoms with Crippen LogP contribution in [0.4, 0.5) is 5.82 Å². The monoisotopic (exact) mass is 558 g/mol. The molecule has 12 heteroatoms. The summed E-state index contributed by atoms with van der Waals surface area (Å²) in [6.07, 6.45) is 1.52. The number of likely N-dealkylation sites (N-methyl/N-ethyl adjacent to an activating group) is 1. The zero-order valence-electron chi connectivity index (χ0n) is 23.3. The number of carbonyl (C=O) groups excluding carboxylic acids is 3. The van der Waals surface area contributed by atoms with Crippen LogP contribution in [0, 0.1) is 11.3 Å². The van der Waals surface area contributed by atoms with E-state index in [1.165, 1.54) is 4.31 Å². The van der Waals surface area contributed by atoms with Crippen molar-refractivity contribution in [2.45, 2.75) is 58.3 Å². The van der Waals surface area contributed by atoms with E-state index in [1.54, 1.807) is 24.9 Å². The van der Waals surface area contributed by atoms with E-state index < -0.39 is 51.4 Å². The number of carbonyl (C=O) groups is 3. The van der Waals surface area contributed by atoms with Gasteiger partial charge in [-0.1, -0.05) is 39.0 Å². The van der Waals surface area contributed by atoms with Crippen molar-refractivity contribution in [3.8, 4) is 0 Å². The molecule has 39 heavy (non-hydrogen) atoms. The average molecular weight is 559 g/mol. The number of rotatable bonds is 7. The molecule has 5 atom stereocenters. The molecule has 1 aromatic heterocycles. The van der Waals surface area contributed by atoms with Crippen molar-refractivity contribution in [3.63, 3.8) is 0 Å². The van der Waals surface area contributed by atoms with E-state index in [0.29, 0.717) is 12.2 Å². The Morgan fingerprint density at radius 1 is 1.10 bits per heavy atom. The van der Waals surface area contributed by atoms with Gasteiger partial charge in [0.15, 0.2) is 0 Å². The minimum Gasteiger partial charge on any atom is -0.342 e. The molecule has 0 radical (unpaired) electrons. The summed E-state index contributed by atoms with van der Waals surface area (Å²) >= 11 is 0. The Morgan fingerprint density at radius 2 is 1.79 bits per heavy atom. The summed E-state index contributed by atoms with van der Waals surface area (Å²) in [7, 11) is -1.97. The second-order valence-corrected chi connectivity index (χ2v) is 13.4. The lowest BCUT2D eigenvalue weighted by Crippen LogP contribution is -2.59. The fourth-order valence-electron chi connectivity index (χ4n) is 5.48. The predicted molar refractivity (Wildman–Crippen MR) is 149 cm³/mol. The molecule has 11 nitrogen and oxygen atoms in total. The van der Waals surface area contributed by atoms with Crippen LogP contribution in [-0.2, 0) is 24.4 Å². The van der Waals surface area contributed by atoms with Crippen LogP contribution in [-0.4, -0.2) is 90.9 Å². The molecule has 2 saturated heterocycles. The zero-order valence-corrected chi connectivity index (χ0v) is 24.1. The van der Waals surface area contributed by atoms with Crippen molar-refractivity contribution in [2.24, 2.45) is 11.3 Å². The number of likely N-dealkylation sites (tertiary alicyclic amines) is 1. The van der Waals surface area contributed by atoms with Crippen LogP contribution >= 0.6 is 0 Å². The Kier molecular flexibility index (Phi) is 8.02. The minimum absolute atomic E-state index is 0.0410. The highest BCUT2D eigenvalue weighted by Gasteiger charge is 2.56. The van der Waals surface area contributed by atoms with Crippen molar-refractivity contribution in [3.05, 3.63) is 36.4 Å². The molecule has 5 unspecified atom stereocenters. The lowest BCUT2D eigenvalue weighted by molar-refractivity contribution is -0.141. The van der Waals surface area contributed by atoms with Gasteiger partial charge in [0.2, 0.25) is 27.7 Å². The minimum atomic E-state index is -3.63. The molecule has 3 heterocycles. The maximum Gasteiger partial charge on any atom is 0.246 e. The largest absolute Gasteiger partial charge is 0.342 e. The highest BCUT2D eigenvalue weighted by Crippen LogP contribution is 2.39. The van der Waals surface area contributed by atoms with Gasteiger partial charge in [0, 0.05) is 24.5 Å². The fourth-order valence-corrected chi connectivity index (χ4v) is 6.63. The summed E-state index contributed by atoms with van der Waals surface area (Å²) in [5, 5.41) is 9.52. The molecule has 2 aromatic rings. The van der Waals surface area contributed by atoms with Gasteiger partial charge in [-0.3, -0.25) is 14.4 Å². The quantitative estimate of drug-likeness (QED) is 0.463. The van der Waals surface area contributed by atoms with Crippen LogP contribution in [0.15, 0.2) is 36.4 Å². The van der Waals surface area contributed by atoms with E-state index in [1.807, 2.05) is 51.1 Å². The molecule has 2 fully saturated rings. The highest BCUT2D eigenvalue weighted by molar-refractivity contribution is 7.88. The summed E-state index contributed by atoms with van der Waals surface area (Å²) in [4.78, 5) is 46.4. The molecule has 3 N–H and O–H groups in total.